The van der Waals surface area contributed by atoms with Crippen molar-refractivity contribution >= 4 is 6.03 Å². The molecule has 0 atom stereocenters. The Kier molecular flexibility index (Phi) is 4.23. The predicted octanol–water partition coefficient (Wildman–Crippen LogP) is 2.90. The number of rotatable bonds is 4. The summed E-state index contributed by atoms with van der Waals surface area (Å²) in [6.45, 7) is 4.91. The fourth-order valence-corrected chi connectivity index (χ4v) is 1.72. The van der Waals surface area contributed by atoms with Crippen LogP contribution in [0.4, 0.5) is 4.79 Å². The van der Waals surface area contributed by atoms with Crippen LogP contribution >= 0.6 is 0 Å². The van der Waals surface area contributed by atoms with E-state index in [1.807, 2.05) is 44.2 Å². The van der Waals surface area contributed by atoms with Gasteiger partial charge < -0.3 is 15.1 Å². The quantitative estimate of drug-likeness (QED) is 0.886. The molecule has 0 bridgehead atoms. The number of nitrogens with one attached hydrogen (secondary N) is 2. The number of benzene rings is 1. The van der Waals surface area contributed by atoms with Crippen molar-refractivity contribution < 1.29 is 9.21 Å². The summed E-state index contributed by atoms with van der Waals surface area (Å²) in [6.07, 6.45) is 1.62. The normalized spacial score (nSPS) is 10.2. The van der Waals surface area contributed by atoms with Gasteiger partial charge in [-0.3, -0.25) is 0 Å². The summed E-state index contributed by atoms with van der Waals surface area (Å²) in [4.78, 5) is 11.6. The van der Waals surface area contributed by atoms with Gasteiger partial charge in [-0.1, -0.05) is 29.8 Å². The van der Waals surface area contributed by atoms with Gasteiger partial charge in [0.25, 0.3) is 0 Å². The van der Waals surface area contributed by atoms with E-state index < -0.39 is 0 Å². The summed E-state index contributed by atoms with van der Waals surface area (Å²) >= 11 is 0. The lowest BCUT2D eigenvalue weighted by atomic mass is 10.1. The Labute approximate surface area is 112 Å². The van der Waals surface area contributed by atoms with Gasteiger partial charge in [0.15, 0.2) is 0 Å². The first-order valence-corrected chi connectivity index (χ1v) is 6.25. The molecule has 1 heterocycles. The van der Waals surface area contributed by atoms with E-state index in [1.54, 1.807) is 6.26 Å². The van der Waals surface area contributed by atoms with E-state index in [0.717, 1.165) is 16.9 Å². The minimum absolute atomic E-state index is 0.179. The molecule has 0 saturated heterocycles. The standard InChI is InChI=1S/C15H18N2O2/c1-11-3-5-13(6-4-11)9-16-15(18)17-10-14-7-8-19-12(14)2/h3-8H,9-10H2,1-2H3,(H2,16,17,18). The van der Waals surface area contributed by atoms with E-state index in [9.17, 15) is 4.79 Å². The molecule has 0 aliphatic carbocycles. The van der Waals surface area contributed by atoms with Gasteiger partial charge in [0.1, 0.15) is 5.76 Å². The number of urea groups is 1. The highest BCUT2D eigenvalue weighted by Gasteiger charge is 2.04. The van der Waals surface area contributed by atoms with E-state index >= 15 is 0 Å². The maximum Gasteiger partial charge on any atom is 0.315 e. The molecule has 0 saturated carbocycles. The molecule has 0 spiro atoms. The molecule has 2 N–H and O–H groups in total. The zero-order valence-electron chi connectivity index (χ0n) is 11.2. The second-order valence-corrected chi connectivity index (χ2v) is 4.52. The first kappa shape index (κ1) is 13.2. The fourth-order valence-electron chi connectivity index (χ4n) is 1.72. The van der Waals surface area contributed by atoms with Gasteiger partial charge >= 0.3 is 6.03 Å². The van der Waals surface area contributed by atoms with Crippen molar-refractivity contribution in [3.05, 3.63) is 59.0 Å². The molecular formula is C15H18N2O2. The van der Waals surface area contributed by atoms with Crippen molar-refractivity contribution in [1.29, 1.82) is 0 Å². The summed E-state index contributed by atoms with van der Waals surface area (Å²) in [7, 11) is 0. The molecular weight excluding hydrogens is 240 g/mol. The highest BCUT2D eigenvalue weighted by molar-refractivity contribution is 5.73. The Balaban J connectivity index is 1.76. The number of amides is 2. The van der Waals surface area contributed by atoms with Crippen molar-refractivity contribution in [3.8, 4) is 0 Å². The molecule has 2 amide bonds. The summed E-state index contributed by atoms with van der Waals surface area (Å²) < 4.78 is 5.17. The Bertz CT molecular complexity index is 544. The third-order valence-corrected chi connectivity index (χ3v) is 2.98. The van der Waals surface area contributed by atoms with Crippen LogP contribution in [-0.4, -0.2) is 6.03 Å². The molecule has 0 aliphatic rings. The van der Waals surface area contributed by atoms with Gasteiger partial charge in [-0.15, -0.1) is 0 Å². The number of aryl methyl sites for hydroxylation is 2. The molecule has 1 aromatic heterocycles. The molecule has 19 heavy (non-hydrogen) atoms. The zero-order chi connectivity index (χ0) is 13.7. The minimum Gasteiger partial charge on any atom is -0.469 e. The first-order chi connectivity index (χ1) is 9.15. The maximum absolute atomic E-state index is 11.6. The van der Waals surface area contributed by atoms with Gasteiger partial charge in [-0.2, -0.15) is 0 Å². The molecule has 2 aromatic rings. The number of furan rings is 1. The molecule has 100 valence electrons. The van der Waals surface area contributed by atoms with Gasteiger partial charge in [0, 0.05) is 18.7 Å². The molecule has 1 aromatic carbocycles. The summed E-state index contributed by atoms with van der Waals surface area (Å²) in [5.74, 6) is 0.832. The first-order valence-electron chi connectivity index (χ1n) is 6.25. The van der Waals surface area contributed by atoms with E-state index in [1.165, 1.54) is 5.56 Å². The number of carbonyl (C=O) groups is 1. The van der Waals surface area contributed by atoms with E-state index in [4.69, 9.17) is 4.42 Å². The van der Waals surface area contributed by atoms with E-state index in [-0.39, 0.29) is 6.03 Å². The molecule has 0 fully saturated rings. The van der Waals surface area contributed by atoms with Gasteiger partial charge in [-0.25, -0.2) is 4.79 Å². The van der Waals surface area contributed by atoms with Crippen LogP contribution in [0.15, 0.2) is 41.0 Å². The van der Waals surface area contributed by atoms with Crippen LogP contribution in [0.1, 0.15) is 22.5 Å². The lowest BCUT2D eigenvalue weighted by Gasteiger charge is -2.07. The van der Waals surface area contributed by atoms with Crippen LogP contribution in [0.2, 0.25) is 0 Å². The summed E-state index contributed by atoms with van der Waals surface area (Å²) in [5.41, 5.74) is 3.29. The number of carbonyl (C=O) groups excluding carboxylic acids is 1. The number of hydrogen-bond donors (Lipinski definition) is 2. The predicted molar refractivity (Wildman–Crippen MR) is 73.7 cm³/mol. The van der Waals surface area contributed by atoms with Crippen molar-refractivity contribution in [2.24, 2.45) is 0 Å². The van der Waals surface area contributed by atoms with Crippen molar-refractivity contribution in [3.63, 3.8) is 0 Å². The molecule has 4 heteroatoms. The second kappa shape index (κ2) is 6.09. The van der Waals surface area contributed by atoms with Crippen molar-refractivity contribution in [2.45, 2.75) is 26.9 Å². The maximum atomic E-state index is 11.6. The van der Waals surface area contributed by atoms with Crippen LogP contribution in [0.3, 0.4) is 0 Å². The summed E-state index contributed by atoms with van der Waals surface area (Å²) in [5, 5.41) is 5.62. The molecule has 2 rings (SSSR count). The van der Waals surface area contributed by atoms with Crippen molar-refractivity contribution in [2.75, 3.05) is 0 Å². The minimum atomic E-state index is -0.179. The topological polar surface area (TPSA) is 54.3 Å². The highest BCUT2D eigenvalue weighted by atomic mass is 16.3. The Morgan fingerprint density at radius 3 is 2.37 bits per heavy atom. The van der Waals surface area contributed by atoms with Gasteiger partial charge in [-0.05, 0) is 25.5 Å². The van der Waals surface area contributed by atoms with Crippen LogP contribution in [-0.2, 0) is 13.1 Å². The molecule has 0 unspecified atom stereocenters. The second-order valence-electron chi connectivity index (χ2n) is 4.52. The third-order valence-electron chi connectivity index (χ3n) is 2.98. The SMILES string of the molecule is Cc1ccc(CNC(=O)NCc2ccoc2C)cc1. The zero-order valence-corrected chi connectivity index (χ0v) is 11.2. The van der Waals surface area contributed by atoms with Crippen LogP contribution in [0.25, 0.3) is 0 Å². The van der Waals surface area contributed by atoms with E-state index in [0.29, 0.717) is 13.1 Å². The summed E-state index contributed by atoms with van der Waals surface area (Å²) in [6, 6.07) is 9.76. The smallest absolute Gasteiger partial charge is 0.315 e. The van der Waals surface area contributed by atoms with Gasteiger partial charge in [0.05, 0.1) is 6.26 Å². The molecule has 0 radical (unpaired) electrons. The van der Waals surface area contributed by atoms with Gasteiger partial charge in [0.2, 0.25) is 0 Å². The number of hydrogen-bond acceptors (Lipinski definition) is 2. The van der Waals surface area contributed by atoms with Crippen LogP contribution in [0, 0.1) is 13.8 Å². The van der Waals surface area contributed by atoms with Crippen molar-refractivity contribution in [1.82, 2.24) is 10.6 Å². The van der Waals surface area contributed by atoms with Crippen LogP contribution in [0.5, 0.6) is 0 Å². The Hall–Kier alpha value is -2.23. The Morgan fingerprint density at radius 2 is 1.74 bits per heavy atom. The Morgan fingerprint density at radius 1 is 1.05 bits per heavy atom. The monoisotopic (exact) mass is 258 g/mol. The largest absolute Gasteiger partial charge is 0.469 e. The van der Waals surface area contributed by atoms with E-state index in [2.05, 4.69) is 10.6 Å². The molecule has 4 nitrogen and oxygen atoms in total. The average molecular weight is 258 g/mol. The lowest BCUT2D eigenvalue weighted by molar-refractivity contribution is 0.240. The van der Waals surface area contributed by atoms with Crippen LogP contribution < -0.4 is 10.6 Å². The fraction of sp³-hybridized carbons (Fsp3) is 0.267. The third kappa shape index (κ3) is 3.88. The molecule has 0 aliphatic heterocycles. The highest BCUT2D eigenvalue weighted by Crippen LogP contribution is 2.07. The lowest BCUT2D eigenvalue weighted by Crippen LogP contribution is -2.34. The average Bonchev–Trinajstić information content (AvgIpc) is 2.81.